The van der Waals surface area contributed by atoms with Crippen molar-refractivity contribution in [2.24, 2.45) is 0 Å². The van der Waals surface area contributed by atoms with Crippen molar-refractivity contribution in [3.05, 3.63) is 73.4 Å². The van der Waals surface area contributed by atoms with Gasteiger partial charge in [-0.1, -0.05) is 0 Å². The molecule has 0 fully saturated rings. The molecule has 0 saturated heterocycles. The molecule has 104 valence electrons. The molecule has 1 N–H and O–H groups in total. The molecule has 0 radical (unpaired) electrons. The van der Waals surface area contributed by atoms with Gasteiger partial charge in [0.05, 0.1) is 0 Å². The summed E-state index contributed by atoms with van der Waals surface area (Å²) >= 11 is -0.515. The number of ether oxygens (including phenoxy) is 1. The number of methoxy groups -OCH3 is 1. The first kappa shape index (κ1) is 14.6. The van der Waals surface area contributed by atoms with Crippen LogP contribution in [0.5, 0.6) is 0 Å². The summed E-state index contributed by atoms with van der Waals surface area (Å²) in [5.74, 6) is -0.245. The monoisotopic (exact) mass is 381 g/mol. The van der Waals surface area contributed by atoms with Crippen LogP contribution in [0, 0.1) is 7.14 Å². The molecule has 0 unspecified atom stereocenters. The van der Waals surface area contributed by atoms with Crippen LogP contribution < -0.4 is 21.2 Å². The Kier molecular flexibility index (Phi) is 4.79. The van der Waals surface area contributed by atoms with E-state index in [0.29, 0.717) is 11.3 Å². The van der Waals surface area contributed by atoms with Gasteiger partial charge < -0.3 is 0 Å². The van der Waals surface area contributed by atoms with E-state index < -0.39 is 27.2 Å². The molecule has 4 heteroatoms. The quantitative estimate of drug-likeness (QED) is 0.592. The number of hydrogen-bond donors (Lipinski definition) is 1. The van der Waals surface area contributed by atoms with Crippen LogP contribution in [0.4, 0.5) is 0 Å². The average Bonchev–Trinajstić information content (AvgIpc) is 2.47. The number of benzene rings is 2. The Morgan fingerprint density at radius 1 is 1.15 bits per heavy atom. The van der Waals surface area contributed by atoms with E-state index >= 15 is 0 Å². The molecule has 2 rings (SSSR count). The number of halogens is 1. The standard InChI is InChI=1S/C16H14IO3/c1-11(20-2)12-7-9-13(10-8-12)17-15-6-4-3-5-14(15)16(18)19/h3-10H,1H2,2H3,(H,18,19)/q-1. The van der Waals surface area contributed by atoms with E-state index in [1.54, 1.807) is 19.2 Å². The first-order valence-electron chi connectivity index (χ1n) is 5.92. The van der Waals surface area contributed by atoms with Crippen molar-refractivity contribution in [3.8, 4) is 0 Å². The van der Waals surface area contributed by atoms with Crippen LogP contribution in [-0.2, 0) is 4.74 Å². The van der Waals surface area contributed by atoms with Gasteiger partial charge in [-0.05, 0) is 0 Å². The molecule has 0 heterocycles. The number of hydrogen-bond acceptors (Lipinski definition) is 2. The van der Waals surface area contributed by atoms with Gasteiger partial charge in [0.15, 0.2) is 0 Å². The Bertz CT molecular complexity index is 632. The maximum absolute atomic E-state index is 11.2. The molecule has 0 bridgehead atoms. The zero-order chi connectivity index (χ0) is 14.5. The van der Waals surface area contributed by atoms with E-state index in [2.05, 4.69) is 6.58 Å². The van der Waals surface area contributed by atoms with Crippen LogP contribution in [0.15, 0.2) is 55.1 Å². The van der Waals surface area contributed by atoms with Gasteiger partial charge in [0, 0.05) is 0 Å². The predicted octanol–water partition coefficient (Wildman–Crippen LogP) is 0.130. The van der Waals surface area contributed by atoms with E-state index in [0.717, 1.165) is 12.7 Å². The first-order valence-corrected chi connectivity index (χ1v) is 8.08. The van der Waals surface area contributed by atoms with E-state index in [1.165, 1.54) is 0 Å². The minimum absolute atomic E-state index is 0.394. The van der Waals surface area contributed by atoms with Gasteiger partial charge in [-0.25, -0.2) is 0 Å². The summed E-state index contributed by atoms with van der Waals surface area (Å²) in [4.78, 5) is 11.2. The van der Waals surface area contributed by atoms with Crippen LogP contribution in [0.25, 0.3) is 5.76 Å². The number of carbonyl (C=O) groups is 1. The summed E-state index contributed by atoms with van der Waals surface area (Å²) in [6, 6.07) is 15.1. The van der Waals surface area contributed by atoms with Crippen LogP contribution in [0.2, 0.25) is 0 Å². The molecule has 0 aliphatic carbocycles. The number of carboxylic acids is 1. The van der Waals surface area contributed by atoms with Crippen molar-refractivity contribution < 1.29 is 35.8 Å². The summed E-state index contributed by atoms with van der Waals surface area (Å²) in [5.41, 5.74) is 1.33. The topological polar surface area (TPSA) is 46.5 Å². The second-order valence-electron chi connectivity index (χ2n) is 4.01. The predicted molar refractivity (Wildman–Crippen MR) is 73.3 cm³/mol. The molecule has 2 aromatic rings. The molecule has 0 aliphatic heterocycles. The summed E-state index contributed by atoms with van der Waals surface area (Å²) in [5, 5.41) is 9.18. The Labute approximate surface area is 128 Å². The van der Waals surface area contributed by atoms with Crippen molar-refractivity contribution in [1.29, 1.82) is 0 Å². The fraction of sp³-hybridized carbons (Fsp3) is 0.0625. The molecule has 0 aromatic heterocycles. The second-order valence-corrected chi connectivity index (χ2v) is 6.96. The van der Waals surface area contributed by atoms with Crippen molar-refractivity contribution in [3.63, 3.8) is 0 Å². The fourth-order valence-electron chi connectivity index (χ4n) is 1.65. The molecule has 0 atom stereocenters. The van der Waals surface area contributed by atoms with E-state index in [1.807, 2.05) is 36.4 Å². The second kappa shape index (κ2) is 6.56. The first-order chi connectivity index (χ1) is 9.61. The number of rotatable bonds is 5. The third kappa shape index (κ3) is 3.39. The zero-order valence-electron chi connectivity index (χ0n) is 11.0. The molecule has 2 aromatic carbocycles. The fourth-order valence-corrected chi connectivity index (χ4v) is 4.13. The Hall–Kier alpha value is -1.82. The van der Waals surface area contributed by atoms with Crippen LogP contribution in [0.1, 0.15) is 15.9 Å². The molecular weight excluding hydrogens is 367 g/mol. The summed E-state index contributed by atoms with van der Waals surface area (Å²) in [6.07, 6.45) is 0. The normalized spacial score (nSPS) is 10.2. The van der Waals surface area contributed by atoms with Gasteiger partial charge >= 0.3 is 128 Å². The van der Waals surface area contributed by atoms with E-state index in [9.17, 15) is 9.90 Å². The van der Waals surface area contributed by atoms with Gasteiger partial charge in [0.25, 0.3) is 0 Å². The molecule has 20 heavy (non-hydrogen) atoms. The molecule has 0 amide bonds. The minimum atomic E-state index is -0.871. The zero-order valence-corrected chi connectivity index (χ0v) is 13.1. The third-order valence-corrected chi connectivity index (χ3v) is 5.59. The summed E-state index contributed by atoms with van der Waals surface area (Å²) in [6.45, 7) is 3.80. The maximum atomic E-state index is 11.2. The van der Waals surface area contributed by atoms with Gasteiger partial charge in [-0.2, -0.15) is 0 Å². The van der Waals surface area contributed by atoms with Crippen molar-refractivity contribution >= 4 is 11.7 Å². The average molecular weight is 381 g/mol. The Morgan fingerprint density at radius 3 is 2.40 bits per heavy atom. The number of aromatic carboxylic acids is 1. The number of carboxylic acid groups (broad SMARTS) is 1. The van der Waals surface area contributed by atoms with Crippen LogP contribution in [-0.4, -0.2) is 18.2 Å². The summed E-state index contributed by atoms with van der Waals surface area (Å²) in [7, 11) is 1.59. The molecule has 0 spiro atoms. The van der Waals surface area contributed by atoms with Gasteiger partial charge in [0.1, 0.15) is 0 Å². The molecule has 0 aliphatic rings. The van der Waals surface area contributed by atoms with Crippen molar-refractivity contribution in [1.82, 2.24) is 0 Å². The van der Waals surface area contributed by atoms with Crippen LogP contribution >= 0.6 is 0 Å². The van der Waals surface area contributed by atoms with Gasteiger partial charge in [-0.3, -0.25) is 0 Å². The van der Waals surface area contributed by atoms with E-state index in [-0.39, 0.29) is 0 Å². The van der Waals surface area contributed by atoms with Crippen molar-refractivity contribution in [2.75, 3.05) is 7.11 Å². The Morgan fingerprint density at radius 2 is 1.80 bits per heavy atom. The molecular formula is C16H14IO3-. The van der Waals surface area contributed by atoms with Crippen molar-refractivity contribution in [2.45, 2.75) is 0 Å². The van der Waals surface area contributed by atoms with Gasteiger partial charge in [-0.15, -0.1) is 0 Å². The molecule has 0 saturated carbocycles. The third-order valence-electron chi connectivity index (χ3n) is 2.73. The van der Waals surface area contributed by atoms with Crippen LogP contribution in [0.3, 0.4) is 0 Å². The van der Waals surface area contributed by atoms with Gasteiger partial charge in [0.2, 0.25) is 0 Å². The molecule has 3 nitrogen and oxygen atoms in total. The summed E-state index contributed by atoms with van der Waals surface area (Å²) < 4.78 is 7.15. The van der Waals surface area contributed by atoms with E-state index in [4.69, 9.17) is 4.74 Å². The Balaban J connectivity index is 2.23. The SMILES string of the molecule is C=C(OC)c1ccc([I-]c2ccccc2C(=O)O)cc1.